The van der Waals surface area contributed by atoms with Gasteiger partial charge in [0.2, 0.25) is 0 Å². The highest BCUT2D eigenvalue weighted by Gasteiger charge is 2.50. The lowest BCUT2D eigenvalue weighted by molar-refractivity contribution is -0.135. The Balaban J connectivity index is 1.56. The summed E-state index contributed by atoms with van der Waals surface area (Å²) in [4.78, 5) is 26.8. The Morgan fingerprint density at radius 2 is 1.85 bits per heavy atom. The van der Waals surface area contributed by atoms with Crippen LogP contribution in [0.5, 0.6) is 0 Å². The Morgan fingerprint density at radius 3 is 2.50 bits per heavy atom. The molecular formula is C21H29NO4. The molecule has 1 saturated carbocycles. The minimum Gasteiger partial charge on any atom is -0.452 e. The van der Waals surface area contributed by atoms with E-state index >= 15 is 0 Å². The van der Waals surface area contributed by atoms with E-state index in [0.717, 1.165) is 31.4 Å². The Hall–Kier alpha value is -1.88. The average molecular weight is 359 g/mol. The number of benzene rings is 1. The normalized spacial score (nSPS) is 26.6. The average Bonchev–Trinajstić information content (AvgIpc) is 2.82. The molecule has 2 bridgehead atoms. The van der Waals surface area contributed by atoms with Crippen molar-refractivity contribution in [2.75, 3.05) is 20.3 Å². The molecule has 1 aliphatic heterocycles. The molecule has 5 nitrogen and oxygen atoms in total. The van der Waals surface area contributed by atoms with E-state index in [-0.39, 0.29) is 29.4 Å². The lowest BCUT2D eigenvalue weighted by atomic mass is 9.65. The predicted octanol–water partition coefficient (Wildman–Crippen LogP) is 3.42. The molecule has 0 N–H and O–H groups in total. The monoisotopic (exact) mass is 359 g/mol. The summed E-state index contributed by atoms with van der Waals surface area (Å²) in [6.07, 6.45) is 3.20. The van der Waals surface area contributed by atoms with E-state index in [2.05, 4.69) is 20.8 Å². The van der Waals surface area contributed by atoms with Gasteiger partial charge in [-0.2, -0.15) is 0 Å². The summed E-state index contributed by atoms with van der Waals surface area (Å²) >= 11 is 0. The summed E-state index contributed by atoms with van der Waals surface area (Å²) in [6, 6.07) is 7.33. The van der Waals surface area contributed by atoms with Crippen molar-refractivity contribution in [3.8, 4) is 0 Å². The lowest BCUT2D eigenvalue weighted by Crippen LogP contribution is -2.39. The van der Waals surface area contributed by atoms with Crippen LogP contribution in [0.15, 0.2) is 24.3 Å². The second-order valence-electron chi connectivity index (χ2n) is 8.94. The van der Waals surface area contributed by atoms with Gasteiger partial charge in [-0.05, 0) is 47.8 Å². The van der Waals surface area contributed by atoms with Gasteiger partial charge in [0.05, 0.1) is 12.2 Å². The first-order valence-electron chi connectivity index (χ1n) is 9.26. The third-order valence-electron chi connectivity index (χ3n) is 5.56. The lowest BCUT2D eigenvalue weighted by Gasteiger charge is -2.39. The van der Waals surface area contributed by atoms with Gasteiger partial charge in [-0.25, -0.2) is 4.79 Å². The zero-order chi connectivity index (χ0) is 18.9. The number of rotatable bonds is 5. The van der Waals surface area contributed by atoms with Crippen molar-refractivity contribution in [2.45, 2.75) is 52.7 Å². The summed E-state index contributed by atoms with van der Waals surface area (Å²) in [5.74, 6) is -0.545. The number of ether oxygens (including phenoxy) is 2. The van der Waals surface area contributed by atoms with Crippen molar-refractivity contribution in [2.24, 2.45) is 10.8 Å². The van der Waals surface area contributed by atoms with Gasteiger partial charge in [0.25, 0.3) is 5.91 Å². The van der Waals surface area contributed by atoms with Gasteiger partial charge < -0.3 is 14.4 Å². The second-order valence-corrected chi connectivity index (χ2v) is 8.94. The Morgan fingerprint density at radius 1 is 1.15 bits per heavy atom. The van der Waals surface area contributed by atoms with Gasteiger partial charge in [-0.15, -0.1) is 0 Å². The van der Waals surface area contributed by atoms with Gasteiger partial charge in [0.15, 0.2) is 6.61 Å². The number of methoxy groups -OCH3 is 1. The minimum atomic E-state index is -0.462. The van der Waals surface area contributed by atoms with Crippen LogP contribution in [0.1, 0.15) is 56.0 Å². The van der Waals surface area contributed by atoms with E-state index in [1.807, 2.05) is 17.0 Å². The quantitative estimate of drug-likeness (QED) is 0.756. The molecule has 1 amide bonds. The molecular weight excluding hydrogens is 330 g/mol. The highest BCUT2D eigenvalue weighted by Crippen LogP contribution is 2.52. The van der Waals surface area contributed by atoms with Crippen LogP contribution >= 0.6 is 0 Å². The third-order valence-corrected chi connectivity index (χ3v) is 5.56. The molecule has 0 aromatic heterocycles. The van der Waals surface area contributed by atoms with Crippen LogP contribution in [-0.2, 0) is 20.9 Å². The molecule has 1 aromatic rings. The highest BCUT2D eigenvalue weighted by atomic mass is 16.5. The Labute approximate surface area is 155 Å². The number of likely N-dealkylation sites (tertiary alicyclic amines) is 1. The second kappa shape index (κ2) is 7.03. The van der Waals surface area contributed by atoms with E-state index in [0.29, 0.717) is 12.2 Å². The number of amides is 1. The Kier molecular flexibility index (Phi) is 5.11. The Bertz CT molecular complexity index is 682. The van der Waals surface area contributed by atoms with Crippen molar-refractivity contribution >= 4 is 11.9 Å². The number of fused-ring (bicyclic) bond motifs is 2. The molecule has 142 valence electrons. The maximum absolute atomic E-state index is 12.6. The molecule has 2 aliphatic rings. The fourth-order valence-corrected chi connectivity index (χ4v) is 4.95. The van der Waals surface area contributed by atoms with Gasteiger partial charge in [0.1, 0.15) is 0 Å². The summed E-state index contributed by atoms with van der Waals surface area (Å²) in [5.41, 5.74) is 1.88. The number of carbonyl (C=O) groups is 2. The van der Waals surface area contributed by atoms with Crippen LogP contribution in [0.4, 0.5) is 0 Å². The topological polar surface area (TPSA) is 55.8 Å². The van der Waals surface area contributed by atoms with Crippen LogP contribution in [0, 0.1) is 10.8 Å². The predicted molar refractivity (Wildman–Crippen MR) is 98.7 cm³/mol. The van der Waals surface area contributed by atoms with E-state index in [1.54, 1.807) is 19.2 Å². The molecule has 1 aromatic carbocycles. The minimum absolute atomic E-state index is 0.0826. The number of esters is 1. The van der Waals surface area contributed by atoms with Crippen molar-refractivity contribution in [1.82, 2.24) is 4.90 Å². The summed E-state index contributed by atoms with van der Waals surface area (Å²) in [7, 11) is 1.63. The fourth-order valence-electron chi connectivity index (χ4n) is 4.95. The van der Waals surface area contributed by atoms with Crippen LogP contribution in [0.25, 0.3) is 0 Å². The molecule has 1 aliphatic carbocycles. The first-order valence-corrected chi connectivity index (χ1v) is 9.26. The number of carbonyl (C=O) groups excluding carboxylic acids is 2. The van der Waals surface area contributed by atoms with Gasteiger partial charge >= 0.3 is 5.97 Å². The molecule has 2 fully saturated rings. The van der Waals surface area contributed by atoms with Crippen LogP contribution in [0.2, 0.25) is 0 Å². The summed E-state index contributed by atoms with van der Waals surface area (Å²) in [6.45, 7) is 7.90. The zero-order valence-electron chi connectivity index (χ0n) is 16.2. The smallest absolute Gasteiger partial charge is 0.338 e. The highest BCUT2D eigenvalue weighted by molar-refractivity contribution is 5.91. The molecule has 1 heterocycles. The molecule has 26 heavy (non-hydrogen) atoms. The fraction of sp³-hybridized carbons (Fsp3) is 0.619. The van der Waals surface area contributed by atoms with Crippen LogP contribution in [-0.4, -0.2) is 43.1 Å². The van der Waals surface area contributed by atoms with E-state index in [9.17, 15) is 9.59 Å². The molecule has 5 heteroatoms. The van der Waals surface area contributed by atoms with E-state index in [4.69, 9.17) is 9.47 Å². The van der Waals surface area contributed by atoms with Gasteiger partial charge in [-0.3, -0.25) is 4.79 Å². The largest absolute Gasteiger partial charge is 0.452 e. The van der Waals surface area contributed by atoms with Crippen LogP contribution in [0.3, 0.4) is 0 Å². The molecule has 1 saturated heterocycles. The standard InChI is InChI=1S/C21H29NO4/c1-20(2)9-17-10-21(3,13-20)14-22(17)18(23)12-26-19(24)16-7-5-15(6-8-16)11-25-4/h5-8,17H,9-14H2,1-4H3/t17-,21+/m1/s1. The van der Waals surface area contributed by atoms with Crippen molar-refractivity contribution in [3.05, 3.63) is 35.4 Å². The van der Waals surface area contributed by atoms with Crippen molar-refractivity contribution in [3.63, 3.8) is 0 Å². The summed E-state index contributed by atoms with van der Waals surface area (Å²) in [5, 5.41) is 0. The number of hydrogen-bond donors (Lipinski definition) is 0. The molecule has 2 atom stereocenters. The molecule has 3 rings (SSSR count). The van der Waals surface area contributed by atoms with E-state index in [1.165, 1.54) is 0 Å². The number of nitrogens with zero attached hydrogens (tertiary/aromatic N) is 1. The molecule has 0 unspecified atom stereocenters. The van der Waals surface area contributed by atoms with Gasteiger partial charge in [0, 0.05) is 19.7 Å². The van der Waals surface area contributed by atoms with Crippen molar-refractivity contribution < 1.29 is 19.1 Å². The van der Waals surface area contributed by atoms with Crippen LogP contribution < -0.4 is 0 Å². The maximum Gasteiger partial charge on any atom is 0.338 e. The molecule has 0 spiro atoms. The first kappa shape index (κ1) is 18.9. The molecule has 0 radical (unpaired) electrons. The number of hydrogen-bond acceptors (Lipinski definition) is 4. The summed E-state index contributed by atoms with van der Waals surface area (Å²) < 4.78 is 10.3. The van der Waals surface area contributed by atoms with Crippen molar-refractivity contribution in [1.29, 1.82) is 0 Å². The zero-order valence-corrected chi connectivity index (χ0v) is 16.2. The SMILES string of the molecule is COCc1ccc(C(=O)OCC(=O)N2C[C@@]3(C)C[C@H]2CC(C)(C)C3)cc1. The first-order chi connectivity index (χ1) is 12.2. The third kappa shape index (κ3) is 4.09. The van der Waals surface area contributed by atoms with E-state index < -0.39 is 5.97 Å². The maximum atomic E-state index is 12.6. The van der Waals surface area contributed by atoms with Gasteiger partial charge in [-0.1, -0.05) is 32.9 Å².